The van der Waals surface area contributed by atoms with Gasteiger partial charge in [0.25, 0.3) is 0 Å². The van der Waals surface area contributed by atoms with Gasteiger partial charge in [-0.1, -0.05) is 23.8 Å². The molecule has 0 aromatic heterocycles. The summed E-state index contributed by atoms with van der Waals surface area (Å²) >= 11 is 0. The highest BCUT2D eigenvalue weighted by molar-refractivity contribution is 5.29. The molecule has 0 radical (unpaired) electrons. The van der Waals surface area contributed by atoms with Crippen LogP contribution in [0.4, 0.5) is 0 Å². The second kappa shape index (κ2) is 1.23. The van der Waals surface area contributed by atoms with Crippen LogP contribution in [-0.2, 0) is 4.74 Å². The standard InChI is InChI=1S/C7H8O/c1-5-2-3-6-7(4-5)8-6/h2-4,6-7H,1H3/t6-,7+/m0/s1. The lowest BCUT2D eigenvalue weighted by Crippen LogP contribution is -1.90. The van der Waals surface area contributed by atoms with Crippen molar-refractivity contribution in [3.05, 3.63) is 23.8 Å². The molecule has 2 atom stereocenters. The van der Waals surface area contributed by atoms with Gasteiger partial charge in [0.15, 0.2) is 0 Å². The predicted molar refractivity (Wildman–Crippen MR) is 31.6 cm³/mol. The van der Waals surface area contributed by atoms with Crippen LogP contribution in [0.1, 0.15) is 6.92 Å². The molecule has 1 heteroatoms. The van der Waals surface area contributed by atoms with E-state index in [9.17, 15) is 0 Å². The molecule has 0 spiro atoms. The number of hydrogen-bond donors (Lipinski definition) is 0. The summed E-state index contributed by atoms with van der Waals surface area (Å²) in [7, 11) is 0. The van der Waals surface area contributed by atoms with E-state index < -0.39 is 0 Å². The van der Waals surface area contributed by atoms with Gasteiger partial charge in [-0.3, -0.25) is 0 Å². The first-order valence-corrected chi connectivity index (χ1v) is 2.88. The van der Waals surface area contributed by atoms with Crippen LogP contribution in [0.25, 0.3) is 0 Å². The summed E-state index contributed by atoms with van der Waals surface area (Å²) in [5, 5.41) is 0. The van der Waals surface area contributed by atoms with Crippen molar-refractivity contribution in [2.45, 2.75) is 19.1 Å². The number of rotatable bonds is 0. The zero-order valence-electron chi connectivity index (χ0n) is 4.79. The molecule has 2 aliphatic rings. The number of allylic oxidation sites excluding steroid dienone is 2. The van der Waals surface area contributed by atoms with Gasteiger partial charge in [0, 0.05) is 0 Å². The molecule has 2 rings (SSSR count). The van der Waals surface area contributed by atoms with Gasteiger partial charge < -0.3 is 4.74 Å². The Hall–Kier alpha value is -0.560. The minimum atomic E-state index is 0.429. The van der Waals surface area contributed by atoms with Gasteiger partial charge in [0.2, 0.25) is 0 Å². The van der Waals surface area contributed by atoms with Crippen LogP contribution in [-0.4, -0.2) is 12.2 Å². The lowest BCUT2D eigenvalue weighted by Gasteiger charge is -1.92. The number of fused-ring (bicyclic) bond motifs is 1. The van der Waals surface area contributed by atoms with Gasteiger partial charge in [0.1, 0.15) is 12.2 Å². The van der Waals surface area contributed by atoms with Crippen LogP contribution in [0.2, 0.25) is 0 Å². The molecule has 0 aromatic rings. The number of hydrogen-bond acceptors (Lipinski definition) is 1. The van der Waals surface area contributed by atoms with Gasteiger partial charge in [-0.25, -0.2) is 0 Å². The minimum absolute atomic E-state index is 0.429. The van der Waals surface area contributed by atoms with Crippen LogP contribution >= 0.6 is 0 Å². The summed E-state index contributed by atoms with van der Waals surface area (Å²) in [6.07, 6.45) is 7.23. The summed E-state index contributed by atoms with van der Waals surface area (Å²) in [5.41, 5.74) is 1.32. The molecular formula is C7H8O. The fraction of sp³-hybridized carbons (Fsp3) is 0.429. The van der Waals surface area contributed by atoms with Crippen LogP contribution in [0.5, 0.6) is 0 Å². The SMILES string of the molecule is CC1=C[C@H]2O[C@H]2C=C1. The maximum absolute atomic E-state index is 5.18. The van der Waals surface area contributed by atoms with Crippen molar-refractivity contribution in [3.8, 4) is 0 Å². The van der Waals surface area contributed by atoms with Crippen molar-refractivity contribution in [2.24, 2.45) is 0 Å². The third-order valence-electron chi connectivity index (χ3n) is 1.54. The Labute approximate surface area is 48.7 Å². The molecule has 0 unspecified atom stereocenters. The molecule has 1 heterocycles. The largest absolute Gasteiger partial charge is 0.361 e. The molecule has 0 saturated carbocycles. The van der Waals surface area contributed by atoms with E-state index in [0.717, 1.165) is 0 Å². The fourth-order valence-electron chi connectivity index (χ4n) is 0.986. The molecule has 1 fully saturated rings. The zero-order chi connectivity index (χ0) is 5.56. The van der Waals surface area contributed by atoms with Gasteiger partial charge in [-0.15, -0.1) is 0 Å². The maximum Gasteiger partial charge on any atom is 0.107 e. The lowest BCUT2D eigenvalue weighted by atomic mass is 10.1. The Morgan fingerprint density at radius 3 is 3.00 bits per heavy atom. The highest BCUT2D eigenvalue weighted by Crippen LogP contribution is 2.29. The third kappa shape index (κ3) is 0.514. The molecule has 1 aliphatic carbocycles. The van der Waals surface area contributed by atoms with Crippen LogP contribution < -0.4 is 0 Å². The highest BCUT2D eigenvalue weighted by Gasteiger charge is 2.35. The average Bonchev–Trinajstić information content (AvgIpc) is 2.43. The van der Waals surface area contributed by atoms with Crippen molar-refractivity contribution < 1.29 is 4.74 Å². The molecule has 8 heavy (non-hydrogen) atoms. The normalized spacial score (nSPS) is 40.9. The van der Waals surface area contributed by atoms with E-state index in [2.05, 4.69) is 25.2 Å². The molecule has 42 valence electrons. The van der Waals surface area contributed by atoms with E-state index in [0.29, 0.717) is 12.2 Å². The Balaban J connectivity index is 2.28. The maximum atomic E-state index is 5.18. The van der Waals surface area contributed by atoms with Crippen molar-refractivity contribution >= 4 is 0 Å². The molecule has 0 aromatic carbocycles. The Morgan fingerprint density at radius 2 is 2.38 bits per heavy atom. The van der Waals surface area contributed by atoms with Crippen molar-refractivity contribution in [2.75, 3.05) is 0 Å². The van der Waals surface area contributed by atoms with Gasteiger partial charge in [0.05, 0.1) is 0 Å². The number of epoxide rings is 1. The lowest BCUT2D eigenvalue weighted by molar-refractivity contribution is 0.414. The predicted octanol–water partition coefficient (Wildman–Crippen LogP) is 1.27. The van der Waals surface area contributed by atoms with E-state index in [1.54, 1.807) is 0 Å². The van der Waals surface area contributed by atoms with Gasteiger partial charge in [-0.2, -0.15) is 0 Å². The van der Waals surface area contributed by atoms with Crippen LogP contribution in [0.3, 0.4) is 0 Å². The Kier molecular flexibility index (Phi) is 0.667. The quantitative estimate of drug-likeness (QED) is 0.426. The van der Waals surface area contributed by atoms with Crippen molar-refractivity contribution in [1.82, 2.24) is 0 Å². The monoisotopic (exact) mass is 108 g/mol. The van der Waals surface area contributed by atoms with Gasteiger partial charge in [-0.05, 0) is 6.92 Å². The topological polar surface area (TPSA) is 12.5 Å². The highest BCUT2D eigenvalue weighted by atomic mass is 16.6. The summed E-state index contributed by atoms with van der Waals surface area (Å²) in [4.78, 5) is 0. The first-order chi connectivity index (χ1) is 3.86. The van der Waals surface area contributed by atoms with E-state index in [1.807, 2.05) is 0 Å². The first kappa shape index (κ1) is 4.33. The summed E-state index contributed by atoms with van der Waals surface area (Å²) < 4.78 is 5.18. The smallest absolute Gasteiger partial charge is 0.107 e. The third-order valence-corrected chi connectivity index (χ3v) is 1.54. The molecule has 0 bridgehead atoms. The summed E-state index contributed by atoms with van der Waals surface area (Å²) in [5.74, 6) is 0. The molecule has 1 nitrogen and oxygen atoms in total. The zero-order valence-corrected chi connectivity index (χ0v) is 4.79. The summed E-state index contributed by atoms with van der Waals surface area (Å²) in [6, 6.07) is 0. The van der Waals surface area contributed by atoms with Crippen LogP contribution in [0, 0.1) is 0 Å². The molecular weight excluding hydrogens is 100 g/mol. The fourth-order valence-corrected chi connectivity index (χ4v) is 0.986. The Morgan fingerprint density at radius 1 is 1.50 bits per heavy atom. The molecule has 1 aliphatic heterocycles. The average molecular weight is 108 g/mol. The first-order valence-electron chi connectivity index (χ1n) is 2.88. The van der Waals surface area contributed by atoms with Crippen molar-refractivity contribution in [3.63, 3.8) is 0 Å². The molecule has 1 saturated heterocycles. The number of ether oxygens (including phenoxy) is 1. The van der Waals surface area contributed by atoms with E-state index in [-0.39, 0.29) is 0 Å². The van der Waals surface area contributed by atoms with Gasteiger partial charge >= 0.3 is 0 Å². The molecule has 0 N–H and O–H groups in total. The summed E-state index contributed by atoms with van der Waals surface area (Å²) in [6.45, 7) is 2.09. The molecule has 0 amide bonds. The second-order valence-electron chi connectivity index (χ2n) is 2.34. The second-order valence-corrected chi connectivity index (χ2v) is 2.34. The van der Waals surface area contributed by atoms with E-state index in [1.165, 1.54) is 5.57 Å². The van der Waals surface area contributed by atoms with E-state index >= 15 is 0 Å². The van der Waals surface area contributed by atoms with Crippen molar-refractivity contribution in [1.29, 1.82) is 0 Å². The van der Waals surface area contributed by atoms with Crippen LogP contribution in [0.15, 0.2) is 23.8 Å². The minimum Gasteiger partial charge on any atom is -0.361 e. The Bertz CT molecular complexity index is 167. The van der Waals surface area contributed by atoms with E-state index in [4.69, 9.17) is 4.74 Å².